The maximum Gasteiger partial charge on any atom is 0.0483 e. The highest BCUT2D eigenvalue weighted by Crippen LogP contribution is 2.14. The molecule has 5 aliphatic rings. The van der Waals surface area contributed by atoms with Crippen molar-refractivity contribution in [3.8, 4) is 0 Å². The highest BCUT2D eigenvalue weighted by Gasteiger charge is 2.14. The summed E-state index contributed by atoms with van der Waals surface area (Å²) < 4.78 is 0. The molecule has 0 aromatic carbocycles. The summed E-state index contributed by atoms with van der Waals surface area (Å²) in [7, 11) is 0. The van der Waals surface area contributed by atoms with Crippen LogP contribution in [0.15, 0.2) is 0 Å². The van der Waals surface area contributed by atoms with Gasteiger partial charge >= 0.3 is 0 Å². The minimum atomic E-state index is 0.602. The fourth-order valence-corrected chi connectivity index (χ4v) is 7.32. The van der Waals surface area contributed by atoms with Crippen LogP contribution in [0.25, 0.3) is 0 Å². The minimum Gasteiger partial charge on any atom is -0.317 e. The molecule has 0 amide bonds. The summed E-state index contributed by atoms with van der Waals surface area (Å²) in [6, 6.07) is 3.92. The SMILES string of the molecule is CC(C)NC1CCNCC1.CC(C)NCC1CCNCC1.CC(C)NCCC1CCNCC1.CC(C)NCCN1CCNCC1.CC(C)NCN1CCNCC1. The van der Waals surface area contributed by atoms with Gasteiger partial charge in [0.15, 0.2) is 0 Å². The molecule has 0 aromatic rings. The first-order valence-electron chi connectivity index (χ1n) is 23.6. The lowest BCUT2D eigenvalue weighted by Gasteiger charge is -2.28. The Bertz CT molecular complexity index is 746. The van der Waals surface area contributed by atoms with E-state index in [0.29, 0.717) is 30.2 Å². The van der Waals surface area contributed by atoms with Gasteiger partial charge in [0.1, 0.15) is 0 Å². The van der Waals surface area contributed by atoms with Gasteiger partial charge in [-0.15, -0.1) is 0 Å². The zero-order valence-electron chi connectivity index (χ0n) is 38.9. The highest BCUT2D eigenvalue weighted by atomic mass is 15.3. The number of hydrogen-bond donors (Lipinski definition) is 10. The molecule has 0 saturated carbocycles. The molecular formula is C44H100N12. The second-order valence-corrected chi connectivity index (χ2v) is 18.3. The van der Waals surface area contributed by atoms with E-state index in [2.05, 4.69) is 132 Å². The third-order valence-electron chi connectivity index (χ3n) is 10.9. The molecule has 5 saturated heterocycles. The van der Waals surface area contributed by atoms with Crippen LogP contribution < -0.4 is 53.2 Å². The average molecular weight is 797 g/mol. The van der Waals surface area contributed by atoms with Crippen molar-refractivity contribution >= 4 is 0 Å². The molecule has 0 radical (unpaired) electrons. The molecule has 0 spiro atoms. The Morgan fingerprint density at radius 2 is 0.839 bits per heavy atom. The summed E-state index contributed by atoms with van der Waals surface area (Å²) in [4.78, 5) is 4.95. The van der Waals surface area contributed by atoms with Gasteiger partial charge in [0.25, 0.3) is 0 Å². The second kappa shape index (κ2) is 36.4. The molecule has 12 nitrogen and oxygen atoms in total. The van der Waals surface area contributed by atoms with E-state index in [1.165, 1.54) is 130 Å². The van der Waals surface area contributed by atoms with Gasteiger partial charge < -0.3 is 53.2 Å². The van der Waals surface area contributed by atoms with Gasteiger partial charge in [0.05, 0.1) is 0 Å². The maximum atomic E-state index is 3.54. The maximum absolute atomic E-state index is 3.54. The first-order chi connectivity index (χ1) is 26.9. The number of piperidine rings is 3. The van der Waals surface area contributed by atoms with Crippen LogP contribution in [0.5, 0.6) is 0 Å². The van der Waals surface area contributed by atoms with E-state index < -0.39 is 0 Å². The zero-order valence-corrected chi connectivity index (χ0v) is 38.9. The van der Waals surface area contributed by atoms with Gasteiger partial charge in [-0.2, -0.15) is 0 Å². The average Bonchev–Trinajstić information content (AvgIpc) is 3.19. The summed E-state index contributed by atoms with van der Waals surface area (Å²) in [5.41, 5.74) is 0. The molecule has 0 atom stereocenters. The number of nitrogens with one attached hydrogen (secondary N) is 10. The molecule has 0 aromatic heterocycles. The molecule has 0 bridgehead atoms. The van der Waals surface area contributed by atoms with Crippen LogP contribution in [-0.2, 0) is 0 Å². The summed E-state index contributed by atoms with van der Waals surface area (Å²) in [6.07, 6.45) is 9.38. The molecular weight excluding hydrogens is 697 g/mol. The van der Waals surface area contributed by atoms with Crippen LogP contribution >= 0.6 is 0 Å². The van der Waals surface area contributed by atoms with Gasteiger partial charge in [-0.3, -0.25) is 9.80 Å². The molecule has 0 unspecified atom stereocenters. The Kier molecular flexibility index (Phi) is 34.8. The van der Waals surface area contributed by atoms with E-state index in [1.54, 1.807) is 0 Å². The van der Waals surface area contributed by atoms with E-state index in [-0.39, 0.29) is 0 Å². The van der Waals surface area contributed by atoms with Gasteiger partial charge in [-0.1, -0.05) is 55.4 Å². The van der Waals surface area contributed by atoms with Gasteiger partial charge in [0.2, 0.25) is 0 Å². The lowest BCUT2D eigenvalue weighted by Crippen LogP contribution is -2.48. The molecule has 10 N–H and O–H groups in total. The number of hydrogen-bond acceptors (Lipinski definition) is 12. The summed E-state index contributed by atoms with van der Waals surface area (Å²) in [6.45, 7) is 44.4. The molecule has 5 rings (SSSR count). The predicted octanol–water partition coefficient (Wildman–Crippen LogP) is 2.83. The Morgan fingerprint density at radius 3 is 1.30 bits per heavy atom. The number of nitrogens with zero attached hydrogens (tertiary/aromatic N) is 2. The third-order valence-corrected chi connectivity index (χ3v) is 10.9. The predicted molar refractivity (Wildman–Crippen MR) is 246 cm³/mol. The largest absolute Gasteiger partial charge is 0.317 e. The van der Waals surface area contributed by atoms with Crippen LogP contribution in [0.2, 0.25) is 0 Å². The van der Waals surface area contributed by atoms with Crippen LogP contribution in [0.4, 0.5) is 0 Å². The lowest BCUT2D eigenvalue weighted by atomic mass is 9.95. The van der Waals surface area contributed by atoms with E-state index in [1.807, 2.05) is 0 Å². The minimum absolute atomic E-state index is 0.602. The molecule has 5 fully saturated rings. The smallest absolute Gasteiger partial charge is 0.0483 e. The molecule has 5 aliphatic heterocycles. The van der Waals surface area contributed by atoms with Crippen LogP contribution in [0.1, 0.15) is 114 Å². The van der Waals surface area contributed by atoms with Crippen LogP contribution in [0.3, 0.4) is 0 Å². The van der Waals surface area contributed by atoms with E-state index in [4.69, 9.17) is 0 Å². The number of piperazine rings is 2. The van der Waals surface area contributed by atoms with Crippen molar-refractivity contribution < 1.29 is 0 Å². The van der Waals surface area contributed by atoms with Crippen molar-refractivity contribution in [2.24, 2.45) is 11.8 Å². The first kappa shape index (κ1) is 53.5. The van der Waals surface area contributed by atoms with E-state index in [9.17, 15) is 0 Å². The lowest BCUT2D eigenvalue weighted by molar-refractivity contribution is 0.217. The Hall–Kier alpha value is -0.480. The summed E-state index contributed by atoms with van der Waals surface area (Å²) >= 11 is 0. The molecule has 336 valence electrons. The van der Waals surface area contributed by atoms with Crippen LogP contribution in [0, 0.1) is 11.8 Å². The zero-order chi connectivity index (χ0) is 41.2. The standard InChI is InChI=1S/C10H22N2.C9H21N3.C9H20N2.C8H19N3.C8H18N2/c1-9(2)12-8-5-10-3-6-11-7-4-10;1-9(2)11-5-8-12-6-3-10-4-7-12;1-8(2)11-7-9-3-5-10-6-4-9;1-8(2)10-7-11-5-3-9-4-6-11;1-7(2)10-8-3-5-9-6-4-8/h9-12H,3-8H2,1-2H3;9-11H,3-8H2,1-2H3;8-11H,3-7H2,1-2H3;8-10H,3-7H2,1-2H3;7-10H,3-6H2,1-2H3. The monoisotopic (exact) mass is 797 g/mol. The second-order valence-electron chi connectivity index (χ2n) is 18.3. The molecule has 56 heavy (non-hydrogen) atoms. The van der Waals surface area contributed by atoms with Crippen molar-refractivity contribution in [3.05, 3.63) is 0 Å². The van der Waals surface area contributed by atoms with Crippen molar-refractivity contribution in [2.75, 3.05) is 124 Å². The molecule has 12 heteroatoms. The highest BCUT2D eigenvalue weighted by molar-refractivity contribution is 4.76. The van der Waals surface area contributed by atoms with Gasteiger partial charge in [0, 0.05) is 108 Å². The normalized spacial score (nSPS) is 20.8. The quantitative estimate of drug-likeness (QED) is 0.113. The van der Waals surface area contributed by atoms with Crippen molar-refractivity contribution in [2.45, 2.75) is 150 Å². The fraction of sp³-hybridized carbons (Fsp3) is 1.00. The topological polar surface area (TPSA) is 127 Å². The van der Waals surface area contributed by atoms with Crippen LogP contribution in [-0.4, -0.2) is 171 Å². The van der Waals surface area contributed by atoms with E-state index >= 15 is 0 Å². The van der Waals surface area contributed by atoms with Gasteiger partial charge in [-0.05, 0) is 123 Å². The third kappa shape index (κ3) is 34.4. The number of rotatable bonds is 16. The Labute approximate surface area is 348 Å². The van der Waals surface area contributed by atoms with Crippen molar-refractivity contribution in [1.82, 2.24) is 63.0 Å². The van der Waals surface area contributed by atoms with Crippen molar-refractivity contribution in [1.29, 1.82) is 0 Å². The van der Waals surface area contributed by atoms with Crippen molar-refractivity contribution in [3.63, 3.8) is 0 Å². The molecule has 0 aliphatic carbocycles. The first-order valence-corrected chi connectivity index (χ1v) is 23.6. The van der Waals surface area contributed by atoms with E-state index in [0.717, 1.165) is 57.3 Å². The Morgan fingerprint density at radius 1 is 0.429 bits per heavy atom. The summed E-state index contributed by atoms with van der Waals surface area (Å²) in [5, 5.41) is 34.1. The Balaban J connectivity index is 0.000000350. The summed E-state index contributed by atoms with van der Waals surface area (Å²) in [5.74, 6) is 1.89. The van der Waals surface area contributed by atoms with Gasteiger partial charge in [-0.25, -0.2) is 0 Å². The fourth-order valence-electron chi connectivity index (χ4n) is 7.32. The molecule has 5 heterocycles.